The van der Waals surface area contributed by atoms with Crippen LogP contribution in [0.1, 0.15) is 65.5 Å². The Morgan fingerprint density at radius 2 is 1.65 bits per heavy atom. The first-order valence-electron chi connectivity index (χ1n) is 16.4. The minimum Gasteiger partial charge on any atom is -0.497 e. The summed E-state index contributed by atoms with van der Waals surface area (Å²) in [6, 6.07) is 18.4. The van der Waals surface area contributed by atoms with Crippen molar-refractivity contribution in [1.29, 1.82) is 0 Å². The fraction of sp³-hybridized carbons (Fsp3) is 0.289. The molecule has 3 aromatic carbocycles. The number of pyridine rings is 1. The number of ether oxygens (including phenoxy) is 3. The number of fused-ring (bicyclic) bond motifs is 1. The number of hydrogen-bond acceptors (Lipinski definition) is 9. The number of nitrogens with zero attached hydrogens (tertiary/aromatic N) is 3. The molecule has 2 heterocycles. The van der Waals surface area contributed by atoms with Crippen LogP contribution in [0.3, 0.4) is 0 Å². The summed E-state index contributed by atoms with van der Waals surface area (Å²) in [5.41, 5.74) is 8.83. The van der Waals surface area contributed by atoms with E-state index in [-0.39, 0.29) is 35.8 Å². The Bertz CT molecular complexity index is 2040. The SMILES string of the molecule is COc1ccc(Cn2ncc3c(NCCCC(=O)OC(C)(C)C)nc(-c4ccc(CNC(=O)c5cc(F)ccc5OC)cc4)c(C(N)=O)c32)cc1. The molecular weight excluding hydrogens is 655 g/mol. The Balaban J connectivity index is 1.46. The average molecular weight is 697 g/mol. The number of halogens is 1. The zero-order valence-corrected chi connectivity index (χ0v) is 29.2. The van der Waals surface area contributed by atoms with Crippen LogP contribution in [0.5, 0.6) is 11.5 Å². The third-order valence-corrected chi connectivity index (χ3v) is 7.89. The van der Waals surface area contributed by atoms with Gasteiger partial charge in [-0.2, -0.15) is 5.10 Å². The largest absolute Gasteiger partial charge is 0.497 e. The second-order valence-electron chi connectivity index (χ2n) is 12.8. The Labute approximate surface area is 295 Å². The number of nitrogens with one attached hydrogen (secondary N) is 2. The van der Waals surface area contributed by atoms with E-state index in [0.29, 0.717) is 53.2 Å². The van der Waals surface area contributed by atoms with E-state index in [2.05, 4.69) is 15.7 Å². The number of aromatic nitrogens is 3. The van der Waals surface area contributed by atoms with Crippen molar-refractivity contribution in [1.82, 2.24) is 20.1 Å². The van der Waals surface area contributed by atoms with E-state index in [9.17, 15) is 18.8 Å². The van der Waals surface area contributed by atoms with Crippen molar-refractivity contribution in [3.63, 3.8) is 0 Å². The zero-order chi connectivity index (χ0) is 36.7. The van der Waals surface area contributed by atoms with Gasteiger partial charge in [-0.1, -0.05) is 36.4 Å². The third kappa shape index (κ3) is 8.98. The number of carbonyl (C=O) groups is 3. The quantitative estimate of drug-likeness (QED) is 0.0954. The lowest BCUT2D eigenvalue weighted by atomic mass is 10.0. The van der Waals surface area contributed by atoms with Gasteiger partial charge in [0.1, 0.15) is 28.7 Å². The van der Waals surface area contributed by atoms with Crippen LogP contribution in [0.4, 0.5) is 10.2 Å². The molecule has 0 fully saturated rings. The number of benzene rings is 3. The summed E-state index contributed by atoms with van der Waals surface area (Å²) in [6.45, 7) is 6.35. The van der Waals surface area contributed by atoms with Gasteiger partial charge in [0.25, 0.3) is 11.8 Å². The molecule has 0 saturated heterocycles. The fourth-order valence-electron chi connectivity index (χ4n) is 5.51. The van der Waals surface area contributed by atoms with Crippen LogP contribution in [0, 0.1) is 5.82 Å². The zero-order valence-electron chi connectivity index (χ0n) is 29.2. The van der Waals surface area contributed by atoms with Gasteiger partial charge in [0, 0.05) is 25.1 Å². The molecule has 5 aromatic rings. The van der Waals surface area contributed by atoms with Gasteiger partial charge in [-0.05, 0) is 68.7 Å². The smallest absolute Gasteiger partial charge is 0.306 e. The molecule has 51 heavy (non-hydrogen) atoms. The van der Waals surface area contributed by atoms with E-state index >= 15 is 0 Å². The maximum Gasteiger partial charge on any atom is 0.306 e. The summed E-state index contributed by atoms with van der Waals surface area (Å²) in [4.78, 5) is 43.2. The molecule has 0 aliphatic rings. The number of carbonyl (C=O) groups excluding carboxylic acids is 3. The molecule has 266 valence electrons. The van der Waals surface area contributed by atoms with E-state index in [4.69, 9.17) is 24.9 Å². The highest BCUT2D eigenvalue weighted by molar-refractivity contribution is 6.12. The first-order valence-corrected chi connectivity index (χ1v) is 16.4. The molecule has 0 saturated carbocycles. The molecule has 13 heteroatoms. The summed E-state index contributed by atoms with van der Waals surface area (Å²) in [5.74, 6) is -0.598. The Morgan fingerprint density at radius 1 is 0.941 bits per heavy atom. The van der Waals surface area contributed by atoms with Gasteiger partial charge in [-0.3, -0.25) is 19.1 Å². The summed E-state index contributed by atoms with van der Waals surface area (Å²) in [5, 5.41) is 11.3. The van der Waals surface area contributed by atoms with Crippen LogP contribution in [0.2, 0.25) is 0 Å². The Kier molecular flexibility index (Phi) is 11.2. The Hall–Kier alpha value is -5.98. The number of amides is 2. The summed E-state index contributed by atoms with van der Waals surface area (Å²) in [7, 11) is 3.00. The van der Waals surface area contributed by atoms with Crippen LogP contribution in [0.15, 0.2) is 72.9 Å². The number of rotatable bonds is 14. The molecule has 0 aliphatic heterocycles. The van der Waals surface area contributed by atoms with Crippen LogP contribution < -0.4 is 25.8 Å². The molecule has 12 nitrogen and oxygen atoms in total. The molecule has 2 aromatic heterocycles. The highest BCUT2D eigenvalue weighted by atomic mass is 19.1. The summed E-state index contributed by atoms with van der Waals surface area (Å²) >= 11 is 0. The van der Waals surface area contributed by atoms with E-state index in [1.54, 1.807) is 42.3 Å². The second-order valence-corrected chi connectivity index (χ2v) is 12.8. The first-order chi connectivity index (χ1) is 24.4. The minimum atomic E-state index is -0.684. The predicted octanol–water partition coefficient (Wildman–Crippen LogP) is 5.87. The number of esters is 1. The van der Waals surface area contributed by atoms with E-state index in [0.717, 1.165) is 17.2 Å². The summed E-state index contributed by atoms with van der Waals surface area (Å²) < 4.78 is 31.5. The van der Waals surface area contributed by atoms with Gasteiger partial charge in [-0.25, -0.2) is 9.37 Å². The third-order valence-electron chi connectivity index (χ3n) is 7.89. The standard InChI is InChI=1S/C38H41FN6O6/c1-38(2,3)51-31(46)7-6-18-41-36-29-21-43-45(22-24-10-15-27(49-4)16-11-24)34(29)32(35(40)47)33(44-36)25-12-8-23(9-13-25)20-42-37(48)28-19-26(39)14-17-30(28)50-5/h8-17,19,21H,6-7,18,20,22H2,1-5H3,(H2,40,47)(H,41,44)(H,42,48). The topological polar surface area (TPSA) is 160 Å². The molecule has 0 spiro atoms. The Morgan fingerprint density at radius 3 is 2.29 bits per heavy atom. The van der Waals surface area contributed by atoms with Crippen LogP contribution in [0.25, 0.3) is 22.2 Å². The van der Waals surface area contributed by atoms with Gasteiger partial charge in [-0.15, -0.1) is 0 Å². The normalized spacial score (nSPS) is 11.3. The molecule has 4 N–H and O–H groups in total. The number of primary amides is 1. The van der Waals surface area contributed by atoms with E-state index in [1.807, 2.05) is 45.0 Å². The highest BCUT2D eigenvalue weighted by Gasteiger charge is 2.24. The van der Waals surface area contributed by atoms with Gasteiger partial charge < -0.3 is 30.6 Å². The van der Waals surface area contributed by atoms with Crippen LogP contribution in [-0.2, 0) is 22.6 Å². The number of methoxy groups -OCH3 is 2. The highest BCUT2D eigenvalue weighted by Crippen LogP contribution is 2.34. The van der Waals surface area contributed by atoms with Gasteiger partial charge in [0.2, 0.25) is 0 Å². The molecule has 0 bridgehead atoms. The fourth-order valence-corrected chi connectivity index (χ4v) is 5.51. The molecule has 2 amide bonds. The maximum absolute atomic E-state index is 13.8. The number of hydrogen-bond donors (Lipinski definition) is 3. The van der Waals surface area contributed by atoms with Crippen molar-refractivity contribution in [3.05, 3.63) is 101 Å². The predicted molar refractivity (Wildman–Crippen MR) is 191 cm³/mol. The van der Waals surface area contributed by atoms with Crippen LogP contribution >= 0.6 is 0 Å². The molecular formula is C38H41FN6O6. The van der Waals surface area contributed by atoms with Crippen molar-refractivity contribution in [3.8, 4) is 22.8 Å². The number of anilines is 1. The van der Waals surface area contributed by atoms with Crippen LogP contribution in [-0.4, -0.2) is 58.9 Å². The van der Waals surface area contributed by atoms with Gasteiger partial charge in [0.15, 0.2) is 0 Å². The van der Waals surface area contributed by atoms with Crippen molar-refractivity contribution in [2.75, 3.05) is 26.1 Å². The molecule has 0 atom stereocenters. The van der Waals surface area contributed by atoms with Gasteiger partial charge in [0.05, 0.1) is 54.7 Å². The average Bonchev–Trinajstić information content (AvgIpc) is 3.51. The lowest BCUT2D eigenvalue weighted by Crippen LogP contribution is -2.24. The second kappa shape index (κ2) is 15.7. The van der Waals surface area contributed by atoms with Crippen molar-refractivity contribution in [2.24, 2.45) is 5.73 Å². The van der Waals surface area contributed by atoms with E-state index in [1.165, 1.54) is 19.2 Å². The lowest BCUT2D eigenvalue weighted by Gasteiger charge is -2.19. The van der Waals surface area contributed by atoms with Gasteiger partial charge >= 0.3 is 5.97 Å². The number of nitrogens with two attached hydrogens (primary N) is 1. The molecule has 0 unspecified atom stereocenters. The van der Waals surface area contributed by atoms with E-state index < -0.39 is 23.2 Å². The van der Waals surface area contributed by atoms with Crippen molar-refractivity contribution >= 4 is 34.5 Å². The maximum atomic E-state index is 13.8. The lowest BCUT2D eigenvalue weighted by molar-refractivity contribution is -0.154. The van der Waals surface area contributed by atoms with Crippen molar-refractivity contribution in [2.45, 2.75) is 52.3 Å². The molecule has 5 rings (SSSR count). The molecule has 0 aliphatic carbocycles. The molecule has 0 radical (unpaired) electrons. The monoisotopic (exact) mass is 696 g/mol. The first kappa shape index (κ1) is 36.3. The minimum absolute atomic E-state index is 0.0788. The summed E-state index contributed by atoms with van der Waals surface area (Å²) in [6.07, 6.45) is 2.32. The van der Waals surface area contributed by atoms with Crippen molar-refractivity contribution < 1.29 is 33.0 Å².